The van der Waals surface area contributed by atoms with E-state index in [0.29, 0.717) is 25.1 Å². The Hall–Kier alpha value is -2.87. The molecule has 2 amide bonds. The van der Waals surface area contributed by atoms with E-state index >= 15 is 0 Å². The number of nitrogens with one attached hydrogen (secondary N) is 1. The van der Waals surface area contributed by atoms with Crippen molar-refractivity contribution in [3.63, 3.8) is 0 Å². The van der Waals surface area contributed by atoms with E-state index in [1.54, 1.807) is 12.1 Å². The first-order valence-electron chi connectivity index (χ1n) is 12.5. The molecule has 8 heteroatoms. The Morgan fingerprint density at radius 1 is 0.972 bits per heavy atom. The summed E-state index contributed by atoms with van der Waals surface area (Å²) in [6.45, 7) is 11.4. The average molecular weight is 516 g/mol. The van der Waals surface area contributed by atoms with Crippen LogP contribution in [0.2, 0.25) is 0 Å². The van der Waals surface area contributed by atoms with Crippen molar-refractivity contribution < 1.29 is 18.0 Å². The van der Waals surface area contributed by atoms with Crippen molar-refractivity contribution in [2.24, 2.45) is 0 Å². The van der Waals surface area contributed by atoms with Gasteiger partial charge in [-0.15, -0.1) is 0 Å². The lowest BCUT2D eigenvalue weighted by Gasteiger charge is -2.35. The van der Waals surface area contributed by atoms with Gasteiger partial charge in [-0.3, -0.25) is 13.9 Å². The number of amides is 2. The molecule has 1 N–H and O–H groups in total. The van der Waals surface area contributed by atoms with Crippen molar-refractivity contribution in [1.82, 2.24) is 10.2 Å². The topological polar surface area (TPSA) is 86.8 Å². The highest BCUT2D eigenvalue weighted by atomic mass is 32.2. The summed E-state index contributed by atoms with van der Waals surface area (Å²) in [6, 6.07) is 16.2. The first-order chi connectivity index (χ1) is 16.7. The molecule has 0 aromatic heterocycles. The fourth-order valence-electron chi connectivity index (χ4n) is 4.15. The highest BCUT2D eigenvalue weighted by Gasteiger charge is 2.33. The third-order valence-corrected chi connectivity index (χ3v) is 7.00. The van der Waals surface area contributed by atoms with Crippen molar-refractivity contribution in [2.75, 3.05) is 23.7 Å². The Morgan fingerprint density at radius 3 is 2.08 bits per heavy atom. The van der Waals surface area contributed by atoms with Crippen LogP contribution in [0, 0.1) is 0 Å². The molecule has 1 unspecified atom stereocenters. The molecule has 2 aromatic rings. The van der Waals surface area contributed by atoms with Gasteiger partial charge in [0.15, 0.2) is 0 Å². The zero-order chi connectivity index (χ0) is 27.1. The number of nitrogens with zero attached hydrogens (tertiary/aromatic N) is 2. The Bertz CT molecular complexity index is 1120. The molecule has 0 aliphatic heterocycles. The van der Waals surface area contributed by atoms with E-state index < -0.39 is 27.5 Å². The summed E-state index contributed by atoms with van der Waals surface area (Å²) in [7, 11) is -3.77. The quantitative estimate of drug-likeness (QED) is 0.482. The molecule has 0 saturated carbocycles. The molecule has 0 fully saturated rings. The van der Waals surface area contributed by atoms with Crippen LogP contribution in [0.3, 0.4) is 0 Å². The van der Waals surface area contributed by atoms with Crippen LogP contribution in [-0.2, 0) is 26.0 Å². The summed E-state index contributed by atoms with van der Waals surface area (Å²) in [5.74, 6) is -0.596. The molecule has 2 aromatic carbocycles. The van der Waals surface area contributed by atoms with Gasteiger partial charge in [-0.1, -0.05) is 69.3 Å². The normalized spacial score (nSPS) is 12.8. The molecule has 1 atom stereocenters. The predicted octanol–water partition coefficient (Wildman–Crippen LogP) is 4.34. The minimum Gasteiger partial charge on any atom is -0.350 e. The highest BCUT2D eigenvalue weighted by molar-refractivity contribution is 7.92. The van der Waals surface area contributed by atoms with Crippen LogP contribution in [0.25, 0.3) is 0 Å². The molecule has 0 heterocycles. The fourth-order valence-corrected chi connectivity index (χ4v) is 5.01. The third-order valence-electron chi connectivity index (χ3n) is 5.87. The van der Waals surface area contributed by atoms with Crippen LogP contribution >= 0.6 is 0 Å². The van der Waals surface area contributed by atoms with Crippen LogP contribution in [0.15, 0.2) is 54.6 Å². The largest absolute Gasteiger partial charge is 0.350 e. The standard InChI is InChI=1S/C28H41N3O4S/c1-8-24(27(33)29-28(4,5)6)30(19-18-22-14-10-9-11-15-22)26(32)20-31(36(7,34)35)25-17-13-12-16-23(25)21(2)3/h9-17,21,24H,8,18-20H2,1-7H3,(H,29,33). The van der Waals surface area contributed by atoms with Gasteiger partial charge in [0.2, 0.25) is 21.8 Å². The van der Waals surface area contributed by atoms with E-state index in [1.807, 2.05) is 84.0 Å². The van der Waals surface area contributed by atoms with Gasteiger partial charge in [-0.25, -0.2) is 8.42 Å². The van der Waals surface area contributed by atoms with Crippen molar-refractivity contribution >= 4 is 27.5 Å². The second-order valence-corrected chi connectivity index (χ2v) is 12.4. The Labute approximate surface area is 216 Å². The summed E-state index contributed by atoms with van der Waals surface area (Å²) >= 11 is 0. The third kappa shape index (κ3) is 8.36. The van der Waals surface area contributed by atoms with Crippen molar-refractivity contribution in [3.8, 4) is 0 Å². The van der Waals surface area contributed by atoms with Gasteiger partial charge in [0, 0.05) is 12.1 Å². The summed E-state index contributed by atoms with van der Waals surface area (Å²) in [5, 5.41) is 2.98. The number of benzene rings is 2. The van der Waals surface area contributed by atoms with Crippen LogP contribution in [0.1, 0.15) is 65.0 Å². The van der Waals surface area contributed by atoms with E-state index in [2.05, 4.69) is 5.32 Å². The minimum atomic E-state index is -3.77. The fraction of sp³-hybridized carbons (Fsp3) is 0.500. The summed E-state index contributed by atoms with van der Waals surface area (Å²) in [5.41, 5.74) is 1.89. The predicted molar refractivity (Wildman–Crippen MR) is 147 cm³/mol. The molecule has 7 nitrogen and oxygen atoms in total. The molecular formula is C28H41N3O4S. The molecule has 36 heavy (non-hydrogen) atoms. The maximum Gasteiger partial charge on any atom is 0.244 e. The monoisotopic (exact) mass is 515 g/mol. The van der Waals surface area contributed by atoms with E-state index in [4.69, 9.17) is 0 Å². The molecule has 2 rings (SSSR count). The Morgan fingerprint density at radius 2 is 1.56 bits per heavy atom. The van der Waals surface area contributed by atoms with E-state index in [-0.39, 0.29) is 18.4 Å². The van der Waals surface area contributed by atoms with Crippen molar-refractivity contribution in [2.45, 2.75) is 71.9 Å². The molecule has 0 bridgehead atoms. The molecule has 0 saturated heterocycles. The van der Waals surface area contributed by atoms with Gasteiger partial charge < -0.3 is 10.2 Å². The van der Waals surface area contributed by atoms with Crippen molar-refractivity contribution in [3.05, 3.63) is 65.7 Å². The van der Waals surface area contributed by atoms with Gasteiger partial charge in [-0.05, 0) is 56.7 Å². The Kier molecular flexibility index (Phi) is 10.1. The van der Waals surface area contributed by atoms with Gasteiger partial charge in [0.25, 0.3) is 0 Å². The summed E-state index contributed by atoms with van der Waals surface area (Å²) in [4.78, 5) is 28.5. The van der Waals surface area contributed by atoms with Crippen LogP contribution in [0.4, 0.5) is 5.69 Å². The maximum atomic E-state index is 13.8. The van der Waals surface area contributed by atoms with Gasteiger partial charge in [0.05, 0.1) is 11.9 Å². The molecule has 0 aliphatic rings. The minimum absolute atomic E-state index is 0.0655. The SMILES string of the molecule is CCC(C(=O)NC(C)(C)C)N(CCc1ccccc1)C(=O)CN(c1ccccc1C(C)C)S(C)(=O)=O. The summed E-state index contributed by atoms with van der Waals surface area (Å²) in [6.07, 6.45) is 2.06. The number of rotatable bonds is 11. The van der Waals surface area contributed by atoms with E-state index in [0.717, 1.165) is 21.7 Å². The maximum absolute atomic E-state index is 13.8. The number of carbonyl (C=O) groups excluding carboxylic acids is 2. The first kappa shape index (κ1) is 29.4. The molecular weight excluding hydrogens is 474 g/mol. The zero-order valence-corrected chi connectivity index (χ0v) is 23.4. The first-order valence-corrected chi connectivity index (χ1v) is 14.3. The van der Waals surface area contributed by atoms with Crippen molar-refractivity contribution in [1.29, 1.82) is 0 Å². The summed E-state index contributed by atoms with van der Waals surface area (Å²) < 4.78 is 26.9. The van der Waals surface area contributed by atoms with Gasteiger partial charge in [-0.2, -0.15) is 0 Å². The number of hydrogen-bond donors (Lipinski definition) is 1. The van der Waals surface area contributed by atoms with Crippen LogP contribution in [0.5, 0.6) is 0 Å². The highest BCUT2D eigenvalue weighted by Crippen LogP contribution is 2.29. The molecule has 0 aliphatic carbocycles. The average Bonchev–Trinajstić information content (AvgIpc) is 2.78. The number of hydrogen-bond acceptors (Lipinski definition) is 4. The van der Waals surface area contributed by atoms with Crippen LogP contribution in [-0.4, -0.2) is 56.1 Å². The Balaban J connectivity index is 2.45. The van der Waals surface area contributed by atoms with Gasteiger partial charge in [0.1, 0.15) is 12.6 Å². The lowest BCUT2D eigenvalue weighted by atomic mass is 10.0. The van der Waals surface area contributed by atoms with Gasteiger partial charge >= 0.3 is 0 Å². The second kappa shape index (κ2) is 12.4. The number of carbonyl (C=O) groups is 2. The lowest BCUT2D eigenvalue weighted by molar-refractivity contribution is -0.140. The number of sulfonamides is 1. The molecule has 198 valence electrons. The number of para-hydroxylation sites is 1. The molecule has 0 radical (unpaired) electrons. The second-order valence-electron chi connectivity index (χ2n) is 10.5. The lowest BCUT2D eigenvalue weighted by Crippen LogP contribution is -2.56. The molecule has 0 spiro atoms. The van der Waals surface area contributed by atoms with E-state index in [1.165, 1.54) is 4.90 Å². The number of anilines is 1. The van der Waals surface area contributed by atoms with Crippen LogP contribution < -0.4 is 9.62 Å². The smallest absolute Gasteiger partial charge is 0.244 e. The van der Waals surface area contributed by atoms with E-state index in [9.17, 15) is 18.0 Å². The zero-order valence-electron chi connectivity index (χ0n) is 22.6.